The maximum atomic E-state index is 12.3. The van der Waals surface area contributed by atoms with Crippen LogP contribution < -0.4 is 10.6 Å². The van der Waals surface area contributed by atoms with Crippen LogP contribution in [0.25, 0.3) is 10.8 Å². The van der Waals surface area contributed by atoms with Crippen LogP contribution in [0.15, 0.2) is 60.7 Å². The molecule has 0 saturated heterocycles. The zero-order chi connectivity index (χ0) is 20.1. The summed E-state index contributed by atoms with van der Waals surface area (Å²) in [6, 6.07) is 16.8. The molecule has 0 heterocycles. The van der Waals surface area contributed by atoms with Crippen molar-refractivity contribution < 1.29 is 19.2 Å². The smallest absolute Gasteiger partial charge is 0.341 e. The van der Waals surface area contributed by atoms with Crippen molar-refractivity contribution in [1.29, 1.82) is 0 Å². The molecule has 1 amide bonds. The second kappa shape index (κ2) is 8.17. The number of hydrogen-bond donors (Lipinski definition) is 2. The zero-order valence-electron chi connectivity index (χ0n) is 15.0. The summed E-state index contributed by atoms with van der Waals surface area (Å²) >= 11 is 0. The first-order valence-electron chi connectivity index (χ1n) is 8.40. The van der Waals surface area contributed by atoms with E-state index in [1.54, 1.807) is 13.1 Å². The number of nitrogens with zero attached hydrogens (tertiary/aromatic N) is 1. The second-order valence-corrected chi connectivity index (χ2v) is 5.89. The fraction of sp³-hybridized carbons (Fsp3) is 0.100. The first kappa shape index (κ1) is 18.8. The van der Waals surface area contributed by atoms with Crippen molar-refractivity contribution in [3.8, 4) is 0 Å². The number of carbonyl (C=O) groups excluding carboxylic acids is 2. The van der Waals surface area contributed by atoms with Crippen LogP contribution >= 0.6 is 0 Å². The van der Waals surface area contributed by atoms with Crippen molar-refractivity contribution in [2.24, 2.45) is 0 Å². The van der Waals surface area contributed by atoms with Gasteiger partial charge in [0.25, 0.3) is 11.6 Å². The molecule has 0 atom stereocenters. The number of esters is 1. The third kappa shape index (κ3) is 4.07. The molecule has 8 heteroatoms. The minimum atomic E-state index is -0.832. The molecule has 3 rings (SSSR count). The highest BCUT2D eigenvalue weighted by Crippen LogP contribution is 2.24. The highest BCUT2D eigenvalue weighted by atomic mass is 16.6. The monoisotopic (exact) mass is 379 g/mol. The highest BCUT2D eigenvalue weighted by Gasteiger charge is 2.18. The van der Waals surface area contributed by atoms with Crippen LogP contribution in [0.4, 0.5) is 17.1 Å². The van der Waals surface area contributed by atoms with Gasteiger partial charge in [0.2, 0.25) is 0 Å². The summed E-state index contributed by atoms with van der Waals surface area (Å²) in [5, 5.41) is 18.2. The van der Waals surface area contributed by atoms with Gasteiger partial charge in [-0.2, -0.15) is 0 Å². The van der Waals surface area contributed by atoms with Crippen LogP contribution in [0.2, 0.25) is 0 Å². The van der Waals surface area contributed by atoms with E-state index in [4.69, 9.17) is 4.74 Å². The van der Waals surface area contributed by atoms with Crippen LogP contribution in [0.1, 0.15) is 10.4 Å². The number of rotatable bonds is 6. The fourth-order valence-electron chi connectivity index (χ4n) is 2.76. The lowest BCUT2D eigenvalue weighted by atomic mass is 10.1. The van der Waals surface area contributed by atoms with Crippen molar-refractivity contribution >= 4 is 39.7 Å². The molecule has 0 aliphatic carbocycles. The number of benzene rings is 3. The standard InChI is InChI=1S/C20H17N3O5/c1-21-17-10-9-14(23(26)27)11-16(17)20(25)28-12-19(24)22-18-8-4-6-13-5-2-3-7-15(13)18/h2-11,21H,12H2,1H3,(H,22,24). The molecule has 28 heavy (non-hydrogen) atoms. The van der Waals surface area contributed by atoms with Gasteiger partial charge < -0.3 is 15.4 Å². The van der Waals surface area contributed by atoms with E-state index in [0.717, 1.165) is 16.8 Å². The Bertz CT molecular complexity index is 1060. The predicted molar refractivity (Wildman–Crippen MR) is 106 cm³/mol. The number of carbonyl (C=O) groups is 2. The lowest BCUT2D eigenvalue weighted by Gasteiger charge is -2.11. The number of nitro benzene ring substituents is 1. The third-order valence-corrected chi connectivity index (χ3v) is 4.10. The van der Waals surface area contributed by atoms with E-state index in [1.165, 1.54) is 12.1 Å². The van der Waals surface area contributed by atoms with E-state index in [2.05, 4.69) is 10.6 Å². The summed E-state index contributed by atoms with van der Waals surface area (Å²) < 4.78 is 5.04. The van der Waals surface area contributed by atoms with Crippen LogP contribution in [0, 0.1) is 10.1 Å². The molecule has 0 bridgehead atoms. The third-order valence-electron chi connectivity index (χ3n) is 4.10. The van der Waals surface area contributed by atoms with Crippen LogP contribution in [0.3, 0.4) is 0 Å². The molecular weight excluding hydrogens is 362 g/mol. The second-order valence-electron chi connectivity index (χ2n) is 5.89. The summed E-state index contributed by atoms with van der Waals surface area (Å²) in [5.74, 6) is -1.35. The van der Waals surface area contributed by atoms with Crippen molar-refractivity contribution in [3.63, 3.8) is 0 Å². The molecule has 3 aromatic carbocycles. The van der Waals surface area contributed by atoms with E-state index in [9.17, 15) is 19.7 Å². The molecule has 142 valence electrons. The number of anilines is 2. The first-order chi connectivity index (χ1) is 13.5. The fourth-order valence-corrected chi connectivity index (χ4v) is 2.76. The van der Waals surface area contributed by atoms with E-state index >= 15 is 0 Å². The molecule has 0 aliphatic heterocycles. The summed E-state index contributed by atoms with van der Waals surface area (Å²) in [6.45, 7) is -0.520. The van der Waals surface area contributed by atoms with Gasteiger partial charge in [0.1, 0.15) is 0 Å². The minimum Gasteiger partial charge on any atom is -0.452 e. The van der Waals surface area contributed by atoms with Crippen molar-refractivity contribution in [1.82, 2.24) is 0 Å². The Morgan fingerprint density at radius 3 is 2.54 bits per heavy atom. The van der Waals surface area contributed by atoms with Crippen molar-refractivity contribution in [2.75, 3.05) is 24.3 Å². The minimum absolute atomic E-state index is 0.0188. The molecule has 0 radical (unpaired) electrons. The van der Waals surface area contributed by atoms with Crippen molar-refractivity contribution in [2.45, 2.75) is 0 Å². The maximum Gasteiger partial charge on any atom is 0.341 e. The summed E-state index contributed by atoms with van der Waals surface area (Å²) in [6.07, 6.45) is 0. The van der Waals surface area contributed by atoms with Crippen LogP contribution in [0.5, 0.6) is 0 Å². The van der Waals surface area contributed by atoms with Gasteiger partial charge in [-0.05, 0) is 17.5 Å². The average Bonchev–Trinajstić information content (AvgIpc) is 2.71. The molecule has 3 aromatic rings. The molecule has 0 spiro atoms. The van der Waals surface area contributed by atoms with Gasteiger partial charge in [-0.3, -0.25) is 14.9 Å². The Morgan fingerprint density at radius 1 is 1.04 bits per heavy atom. The molecule has 0 saturated carbocycles. The van der Waals surface area contributed by atoms with E-state index in [1.807, 2.05) is 36.4 Å². The lowest BCUT2D eigenvalue weighted by molar-refractivity contribution is -0.384. The van der Waals surface area contributed by atoms with E-state index in [0.29, 0.717) is 11.4 Å². The number of amides is 1. The first-order valence-corrected chi connectivity index (χ1v) is 8.40. The number of nitrogens with one attached hydrogen (secondary N) is 2. The van der Waals surface area contributed by atoms with Gasteiger partial charge in [0, 0.05) is 35.9 Å². The molecular formula is C20H17N3O5. The van der Waals surface area contributed by atoms with Gasteiger partial charge in [0.05, 0.1) is 10.5 Å². The molecule has 8 nitrogen and oxygen atoms in total. The Balaban J connectivity index is 1.70. The Kier molecular flexibility index (Phi) is 5.50. The van der Waals surface area contributed by atoms with E-state index < -0.39 is 23.4 Å². The molecule has 0 aliphatic rings. The Morgan fingerprint density at radius 2 is 1.79 bits per heavy atom. The molecule has 0 unspecified atom stereocenters. The summed E-state index contributed by atoms with van der Waals surface area (Å²) in [4.78, 5) is 34.8. The molecule has 2 N–H and O–H groups in total. The van der Waals surface area contributed by atoms with Gasteiger partial charge in [-0.1, -0.05) is 36.4 Å². The Labute approximate surface area is 160 Å². The maximum absolute atomic E-state index is 12.3. The molecule has 0 fully saturated rings. The topological polar surface area (TPSA) is 111 Å². The average molecular weight is 379 g/mol. The molecule has 0 aromatic heterocycles. The normalized spacial score (nSPS) is 10.3. The number of nitro groups is 1. The zero-order valence-corrected chi connectivity index (χ0v) is 15.0. The highest BCUT2D eigenvalue weighted by molar-refractivity contribution is 6.03. The summed E-state index contributed by atoms with van der Waals surface area (Å²) in [7, 11) is 1.57. The number of fused-ring (bicyclic) bond motifs is 1. The van der Waals surface area contributed by atoms with Gasteiger partial charge in [-0.25, -0.2) is 4.79 Å². The number of hydrogen-bond acceptors (Lipinski definition) is 6. The largest absolute Gasteiger partial charge is 0.452 e. The van der Waals surface area contributed by atoms with Crippen molar-refractivity contribution in [3.05, 3.63) is 76.3 Å². The Hall–Kier alpha value is -3.94. The number of non-ortho nitro benzene ring substituents is 1. The van der Waals surface area contributed by atoms with Crippen LogP contribution in [-0.4, -0.2) is 30.5 Å². The van der Waals surface area contributed by atoms with Gasteiger partial charge in [0.15, 0.2) is 6.61 Å². The predicted octanol–water partition coefficient (Wildman–Crippen LogP) is 3.59. The van der Waals surface area contributed by atoms with Gasteiger partial charge >= 0.3 is 5.97 Å². The SMILES string of the molecule is CNc1ccc([N+](=O)[O-])cc1C(=O)OCC(=O)Nc1cccc2ccccc12. The summed E-state index contributed by atoms with van der Waals surface area (Å²) in [5.41, 5.74) is 0.705. The van der Waals surface area contributed by atoms with Gasteiger partial charge in [-0.15, -0.1) is 0 Å². The number of ether oxygens (including phenoxy) is 1. The van der Waals surface area contributed by atoms with Crippen LogP contribution in [-0.2, 0) is 9.53 Å². The quantitative estimate of drug-likeness (QED) is 0.385. The van der Waals surface area contributed by atoms with E-state index in [-0.39, 0.29) is 11.3 Å². The lowest BCUT2D eigenvalue weighted by Crippen LogP contribution is -2.21.